The molecule has 0 aliphatic rings. The minimum Gasteiger partial charge on any atom is -0.326 e. The number of pyridine rings is 2. The summed E-state index contributed by atoms with van der Waals surface area (Å²) < 4.78 is 27.9. The van der Waals surface area contributed by atoms with Crippen LogP contribution in [0.25, 0.3) is 10.4 Å². The van der Waals surface area contributed by atoms with Crippen LogP contribution in [0.4, 0.5) is 0 Å². The lowest BCUT2D eigenvalue weighted by atomic mass is 10.1. The first-order valence-electron chi connectivity index (χ1n) is 8.12. The van der Waals surface area contributed by atoms with Crippen molar-refractivity contribution in [2.45, 2.75) is 31.0 Å². The van der Waals surface area contributed by atoms with Crippen molar-refractivity contribution in [1.29, 1.82) is 0 Å². The Kier molecular flexibility index (Phi) is 5.36. The van der Waals surface area contributed by atoms with E-state index in [1.807, 2.05) is 26.0 Å². The zero-order valence-electron chi connectivity index (χ0n) is 14.4. The van der Waals surface area contributed by atoms with Crippen molar-refractivity contribution in [2.75, 3.05) is 0 Å². The average Bonchev–Trinajstić information content (AvgIpc) is 3.12. The maximum absolute atomic E-state index is 12.5. The lowest BCUT2D eigenvalue weighted by Gasteiger charge is -2.06. The molecule has 0 saturated heterocycles. The third kappa shape index (κ3) is 3.92. The number of hydrogen-bond donors (Lipinski definition) is 2. The highest BCUT2D eigenvalue weighted by Gasteiger charge is 2.18. The molecule has 26 heavy (non-hydrogen) atoms. The van der Waals surface area contributed by atoms with E-state index >= 15 is 0 Å². The summed E-state index contributed by atoms with van der Waals surface area (Å²) >= 11 is 1.18. The Morgan fingerprint density at radius 1 is 1.27 bits per heavy atom. The largest absolute Gasteiger partial charge is 0.326 e. The standard InChI is InChI=1S/C18H19N3O3S2/c1-3-14-9-15(12(2)21-18(14)22)16-6-7-17(25-16)26(23,24)20-11-13-5-4-8-19-10-13/h4-10,20H,3,11H2,1-2H3,(H,21,22). The number of nitrogens with one attached hydrogen (secondary N) is 2. The fraction of sp³-hybridized carbons (Fsp3) is 0.222. The van der Waals surface area contributed by atoms with Gasteiger partial charge in [0, 0.05) is 40.6 Å². The first-order chi connectivity index (χ1) is 12.4. The molecule has 0 unspecified atom stereocenters. The number of sulfonamides is 1. The minimum absolute atomic E-state index is 0.101. The molecule has 3 aromatic rings. The SMILES string of the molecule is CCc1cc(-c2ccc(S(=O)(=O)NCc3cccnc3)s2)c(C)[nH]c1=O. The van der Waals surface area contributed by atoms with Gasteiger partial charge in [-0.2, -0.15) is 0 Å². The van der Waals surface area contributed by atoms with Crippen molar-refractivity contribution in [3.8, 4) is 10.4 Å². The van der Waals surface area contributed by atoms with E-state index in [9.17, 15) is 13.2 Å². The first-order valence-corrected chi connectivity index (χ1v) is 10.4. The highest BCUT2D eigenvalue weighted by Crippen LogP contribution is 2.32. The van der Waals surface area contributed by atoms with Gasteiger partial charge in [-0.15, -0.1) is 11.3 Å². The maximum atomic E-state index is 12.5. The average molecular weight is 390 g/mol. The molecule has 0 aromatic carbocycles. The Balaban J connectivity index is 1.86. The minimum atomic E-state index is -3.61. The van der Waals surface area contributed by atoms with Gasteiger partial charge >= 0.3 is 0 Å². The zero-order chi connectivity index (χ0) is 18.7. The second-order valence-corrected chi connectivity index (χ2v) is 8.90. The van der Waals surface area contributed by atoms with Crippen LogP contribution in [0.1, 0.15) is 23.7 Å². The molecule has 0 fully saturated rings. The Morgan fingerprint density at radius 3 is 2.77 bits per heavy atom. The van der Waals surface area contributed by atoms with E-state index in [0.29, 0.717) is 12.0 Å². The van der Waals surface area contributed by atoms with Crippen LogP contribution in [0, 0.1) is 6.92 Å². The molecule has 136 valence electrons. The third-order valence-electron chi connectivity index (χ3n) is 4.00. The van der Waals surface area contributed by atoms with E-state index in [4.69, 9.17) is 0 Å². The first kappa shape index (κ1) is 18.5. The molecule has 0 atom stereocenters. The molecule has 8 heteroatoms. The molecule has 0 aliphatic heterocycles. The van der Waals surface area contributed by atoms with Gasteiger partial charge in [-0.25, -0.2) is 13.1 Å². The summed E-state index contributed by atoms with van der Waals surface area (Å²) in [4.78, 5) is 19.5. The predicted molar refractivity (Wildman–Crippen MR) is 103 cm³/mol. The van der Waals surface area contributed by atoms with Gasteiger partial charge in [0.05, 0.1) is 0 Å². The van der Waals surface area contributed by atoms with E-state index in [1.165, 1.54) is 11.3 Å². The fourth-order valence-electron chi connectivity index (χ4n) is 2.55. The van der Waals surface area contributed by atoms with Crippen molar-refractivity contribution >= 4 is 21.4 Å². The summed E-state index contributed by atoms with van der Waals surface area (Å²) in [6, 6.07) is 8.76. The Bertz CT molecular complexity index is 1070. The van der Waals surface area contributed by atoms with Crippen LogP contribution in [0.5, 0.6) is 0 Å². The van der Waals surface area contributed by atoms with Crippen LogP contribution < -0.4 is 10.3 Å². The summed E-state index contributed by atoms with van der Waals surface area (Å²) in [6.45, 7) is 3.90. The third-order valence-corrected chi connectivity index (χ3v) is 7.01. The van der Waals surface area contributed by atoms with Crippen LogP contribution in [0.2, 0.25) is 0 Å². The highest BCUT2D eigenvalue weighted by atomic mass is 32.2. The van der Waals surface area contributed by atoms with Crippen molar-refractivity contribution in [2.24, 2.45) is 0 Å². The fourth-order valence-corrected chi connectivity index (χ4v) is 4.99. The van der Waals surface area contributed by atoms with Crippen molar-refractivity contribution in [3.63, 3.8) is 0 Å². The molecule has 0 saturated carbocycles. The van der Waals surface area contributed by atoms with E-state index in [1.54, 1.807) is 30.6 Å². The highest BCUT2D eigenvalue weighted by molar-refractivity contribution is 7.91. The quantitative estimate of drug-likeness (QED) is 0.678. The molecule has 0 spiro atoms. The maximum Gasteiger partial charge on any atom is 0.251 e. The molecule has 2 N–H and O–H groups in total. The number of thiophene rings is 1. The monoisotopic (exact) mass is 389 g/mol. The Labute approximate surface area is 156 Å². The smallest absolute Gasteiger partial charge is 0.251 e. The molecule has 3 rings (SSSR count). The van der Waals surface area contributed by atoms with Crippen LogP contribution in [0.15, 0.2) is 51.7 Å². The molecule has 0 bridgehead atoms. The summed E-state index contributed by atoms with van der Waals surface area (Å²) in [5.41, 5.74) is 2.94. The Hall–Kier alpha value is -2.29. The predicted octanol–water partition coefficient (Wildman–Crippen LogP) is 2.85. The second kappa shape index (κ2) is 7.53. The van der Waals surface area contributed by atoms with Gasteiger partial charge in [-0.1, -0.05) is 13.0 Å². The number of aromatic amines is 1. The molecule has 0 amide bonds. The van der Waals surface area contributed by atoms with Crippen LogP contribution in [0.3, 0.4) is 0 Å². The van der Waals surface area contributed by atoms with Gasteiger partial charge in [0.1, 0.15) is 4.21 Å². The molecule has 0 radical (unpaired) electrons. The van der Waals surface area contributed by atoms with E-state index in [2.05, 4.69) is 14.7 Å². The number of H-pyrrole nitrogens is 1. The Morgan fingerprint density at radius 2 is 2.08 bits per heavy atom. The van der Waals surface area contributed by atoms with E-state index < -0.39 is 10.0 Å². The number of hydrogen-bond acceptors (Lipinski definition) is 5. The van der Waals surface area contributed by atoms with Crippen molar-refractivity contribution in [1.82, 2.24) is 14.7 Å². The van der Waals surface area contributed by atoms with E-state index in [-0.39, 0.29) is 16.3 Å². The van der Waals surface area contributed by atoms with E-state index in [0.717, 1.165) is 21.7 Å². The van der Waals surface area contributed by atoms with Gasteiger partial charge in [0.2, 0.25) is 10.0 Å². The van der Waals surface area contributed by atoms with Crippen LogP contribution >= 0.6 is 11.3 Å². The summed E-state index contributed by atoms with van der Waals surface area (Å²) in [5, 5.41) is 0. The molecular weight excluding hydrogens is 370 g/mol. The second-order valence-electron chi connectivity index (χ2n) is 5.82. The number of nitrogens with zero attached hydrogens (tertiary/aromatic N) is 1. The topological polar surface area (TPSA) is 91.9 Å². The van der Waals surface area contributed by atoms with Crippen molar-refractivity contribution in [3.05, 3.63) is 69.9 Å². The molecule has 3 heterocycles. The molecular formula is C18H19N3O3S2. The number of aromatic nitrogens is 2. The lowest BCUT2D eigenvalue weighted by Crippen LogP contribution is -2.22. The molecule has 6 nitrogen and oxygen atoms in total. The lowest BCUT2D eigenvalue weighted by molar-refractivity contribution is 0.583. The number of aryl methyl sites for hydroxylation is 2. The van der Waals surface area contributed by atoms with Gasteiger partial charge in [-0.3, -0.25) is 9.78 Å². The summed E-state index contributed by atoms with van der Waals surface area (Å²) in [7, 11) is -3.61. The normalized spacial score (nSPS) is 11.6. The zero-order valence-corrected chi connectivity index (χ0v) is 16.1. The van der Waals surface area contributed by atoms with Crippen molar-refractivity contribution < 1.29 is 8.42 Å². The van der Waals surface area contributed by atoms with Crippen LogP contribution in [-0.4, -0.2) is 18.4 Å². The summed E-state index contributed by atoms with van der Waals surface area (Å²) in [6.07, 6.45) is 3.88. The van der Waals surface area contributed by atoms with Gasteiger partial charge in [0.25, 0.3) is 5.56 Å². The van der Waals surface area contributed by atoms with Gasteiger partial charge in [-0.05, 0) is 43.2 Å². The van der Waals surface area contributed by atoms with Gasteiger partial charge < -0.3 is 4.98 Å². The number of rotatable bonds is 6. The van der Waals surface area contributed by atoms with Crippen LogP contribution in [-0.2, 0) is 23.0 Å². The summed E-state index contributed by atoms with van der Waals surface area (Å²) in [5.74, 6) is 0. The van der Waals surface area contributed by atoms with Gasteiger partial charge in [0.15, 0.2) is 0 Å². The molecule has 3 aromatic heterocycles. The molecule has 0 aliphatic carbocycles.